The fraction of sp³-hybridized carbons (Fsp3) is 0.314. The third-order valence-corrected chi connectivity index (χ3v) is 10.6. The summed E-state index contributed by atoms with van der Waals surface area (Å²) in [6.07, 6.45) is 3.72. The van der Waals surface area contributed by atoms with Crippen molar-refractivity contribution in [3.05, 3.63) is 157 Å². The molecule has 4 aromatic carbocycles. The van der Waals surface area contributed by atoms with E-state index in [4.69, 9.17) is 35.0 Å². The molecule has 4 aromatic rings. The number of anilines is 4. The van der Waals surface area contributed by atoms with Crippen LogP contribution in [0.2, 0.25) is 0 Å². The summed E-state index contributed by atoms with van der Waals surface area (Å²) in [5.74, 6) is 1.28. The summed E-state index contributed by atoms with van der Waals surface area (Å²) in [5.41, 5.74) is 7.82. The minimum atomic E-state index is -0.231. The largest absolute Gasteiger partial charge is 0.497 e. The number of fused-ring (bicyclic) bond motifs is 2. The van der Waals surface area contributed by atoms with E-state index in [2.05, 4.69) is 52.9 Å². The molecule has 63 heavy (non-hydrogen) atoms. The summed E-state index contributed by atoms with van der Waals surface area (Å²) in [5, 5.41) is 24.4. The topological polar surface area (TPSA) is 135 Å². The molecule has 12 nitrogen and oxygen atoms in total. The predicted octanol–water partition coefficient (Wildman–Crippen LogP) is 11.0. The van der Waals surface area contributed by atoms with Crippen molar-refractivity contribution < 1.29 is 14.3 Å². The van der Waals surface area contributed by atoms with Gasteiger partial charge in [-0.15, -0.1) is 0 Å². The lowest BCUT2D eigenvalue weighted by Crippen LogP contribution is -2.25. The Balaban J connectivity index is 0.000000265. The number of nitriles is 2. The van der Waals surface area contributed by atoms with Gasteiger partial charge in [-0.2, -0.15) is 0 Å². The van der Waals surface area contributed by atoms with Crippen LogP contribution in [-0.4, -0.2) is 60.0 Å². The number of allylic oxidation sites excluding steroid dienone is 2. The van der Waals surface area contributed by atoms with E-state index in [1.165, 1.54) is 7.11 Å². The lowest BCUT2D eigenvalue weighted by Gasteiger charge is -2.25. The van der Waals surface area contributed by atoms with Gasteiger partial charge in [-0.3, -0.25) is 9.59 Å². The van der Waals surface area contributed by atoms with Crippen molar-refractivity contribution in [3.8, 4) is 17.9 Å². The highest BCUT2D eigenvalue weighted by atomic mass is 16.5. The zero-order valence-electron chi connectivity index (χ0n) is 37.8. The maximum atomic E-state index is 13.3. The fourth-order valence-electron chi connectivity index (χ4n) is 6.24. The summed E-state index contributed by atoms with van der Waals surface area (Å²) < 4.78 is 5.24. The molecule has 1 aliphatic carbocycles. The molecule has 5 rings (SSSR count). The van der Waals surface area contributed by atoms with Crippen molar-refractivity contribution in [2.75, 3.05) is 68.8 Å². The fourth-order valence-corrected chi connectivity index (χ4v) is 6.24. The molecule has 0 aliphatic heterocycles. The highest BCUT2D eigenvalue weighted by molar-refractivity contribution is 6.31. The SMILES string of the molecule is CCC(C)CNc1ccc(NCC(C)CC)c2c1C(=O)c1ccccc1C2=O.[C-]#[N+]/C(C#N)=C(\[N+]#[C-])c1ccc(N(C)C)cc1OC.[C-]#[N+]/C(C#N)=C/c1ccc(N(C)C)cc1C. The number of nitrogens with one attached hydrogen (secondary N) is 2. The van der Waals surface area contributed by atoms with Crippen LogP contribution in [0.5, 0.6) is 5.75 Å². The number of carbonyl (C=O) groups is 2. The number of benzene rings is 4. The third kappa shape index (κ3) is 12.6. The molecule has 12 heteroatoms. The van der Waals surface area contributed by atoms with E-state index < -0.39 is 0 Å². The summed E-state index contributed by atoms with van der Waals surface area (Å²) in [6, 6.07) is 25.8. The van der Waals surface area contributed by atoms with Crippen LogP contribution in [-0.2, 0) is 0 Å². The number of hydrogen-bond acceptors (Lipinski definition) is 9. The molecule has 0 radical (unpaired) electrons. The van der Waals surface area contributed by atoms with Gasteiger partial charge < -0.3 is 25.2 Å². The molecule has 2 atom stereocenters. The molecular weight excluding hydrogens is 787 g/mol. The molecule has 0 spiro atoms. The van der Waals surface area contributed by atoms with Crippen LogP contribution in [0.25, 0.3) is 26.3 Å². The molecule has 0 amide bonds. The van der Waals surface area contributed by atoms with Crippen LogP contribution in [0.4, 0.5) is 22.7 Å². The van der Waals surface area contributed by atoms with E-state index in [1.54, 1.807) is 36.4 Å². The molecule has 2 N–H and O–H groups in total. The second-order valence-corrected chi connectivity index (χ2v) is 15.4. The molecular formula is C51H55N9O3. The zero-order chi connectivity index (χ0) is 46.8. The average molecular weight is 842 g/mol. The summed E-state index contributed by atoms with van der Waals surface area (Å²) in [4.78, 5) is 40.0. The van der Waals surface area contributed by atoms with Gasteiger partial charge in [0.1, 0.15) is 5.75 Å². The molecule has 0 saturated heterocycles. The van der Waals surface area contributed by atoms with Crippen molar-refractivity contribution in [2.24, 2.45) is 11.8 Å². The summed E-state index contributed by atoms with van der Waals surface area (Å²) >= 11 is 0. The number of methoxy groups -OCH3 is 1. The first-order valence-corrected chi connectivity index (χ1v) is 20.5. The number of ketones is 2. The van der Waals surface area contributed by atoms with E-state index in [0.29, 0.717) is 45.4 Å². The van der Waals surface area contributed by atoms with E-state index in [0.717, 1.165) is 59.8 Å². The number of ether oxygens (including phenoxy) is 1. The summed E-state index contributed by atoms with van der Waals surface area (Å²) in [7, 11) is 9.22. The zero-order valence-corrected chi connectivity index (χ0v) is 37.8. The number of carbonyl (C=O) groups excluding carboxylic acids is 2. The Bertz CT molecular complexity index is 2480. The van der Waals surface area contributed by atoms with Gasteiger partial charge in [-0.1, -0.05) is 76.9 Å². The van der Waals surface area contributed by atoms with Gasteiger partial charge >= 0.3 is 0 Å². The monoisotopic (exact) mass is 841 g/mol. The number of hydrogen-bond donors (Lipinski definition) is 2. The first kappa shape index (κ1) is 49.5. The van der Waals surface area contributed by atoms with Gasteiger partial charge in [0.15, 0.2) is 11.6 Å². The first-order chi connectivity index (χ1) is 30.1. The molecule has 0 aromatic heterocycles. The smallest absolute Gasteiger partial charge is 0.269 e. The van der Waals surface area contributed by atoms with Crippen molar-refractivity contribution in [2.45, 2.75) is 47.5 Å². The highest BCUT2D eigenvalue weighted by Crippen LogP contribution is 2.37. The third-order valence-electron chi connectivity index (χ3n) is 10.6. The second kappa shape index (κ2) is 23.8. The normalized spacial score (nSPS) is 12.4. The molecule has 1 aliphatic rings. The van der Waals surface area contributed by atoms with Crippen LogP contribution >= 0.6 is 0 Å². The van der Waals surface area contributed by atoms with Crippen molar-refractivity contribution >= 4 is 46.1 Å². The number of nitrogens with zero attached hydrogens (tertiary/aromatic N) is 7. The van der Waals surface area contributed by atoms with Gasteiger partial charge in [0, 0.05) is 86.8 Å². The van der Waals surface area contributed by atoms with Crippen LogP contribution in [0.3, 0.4) is 0 Å². The molecule has 0 saturated carbocycles. The molecule has 0 fully saturated rings. The Morgan fingerprint density at radius 2 is 1.25 bits per heavy atom. The minimum Gasteiger partial charge on any atom is -0.497 e. The van der Waals surface area contributed by atoms with Crippen LogP contribution < -0.4 is 25.2 Å². The Labute approximate surface area is 373 Å². The van der Waals surface area contributed by atoms with E-state index in [9.17, 15) is 9.59 Å². The van der Waals surface area contributed by atoms with Crippen LogP contribution in [0, 0.1) is 61.1 Å². The van der Waals surface area contributed by atoms with Crippen LogP contribution in [0.1, 0.15) is 89.1 Å². The van der Waals surface area contributed by atoms with E-state index in [-0.39, 0.29) is 28.7 Å². The van der Waals surface area contributed by atoms with Crippen molar-refractivity contribution in [3.63, 3.8) is 0 Å². The van der Waals surface area contributed by atoms with Gasteiger partial charge in [-0.05, 0) is 66.3 Å². The second-order valence-electron chi connectivity index (χ2n) is 15.4. The summed E-state index contributed by atoms with van der Waals surface area (Å²) in [6.45, 7) is 33.0. The van der Waals surface area contributed by atoms with Gasteiger partial charge in [0.25, 0.3) is 11.4 Å². The molecule has 2 unspecified atom stereocenters. The van der Waals surface area contributed by atoms with Crippen molar-refractivity contribution in [1.82, 2.24) is 0 Å². The Morgan fingerprint density at radius 3 is 1.65 bits per heavy atom. The maximum absolute atomic E-state index is 13.3. The highest BCUT2D eigenvalue weighted by Gasteiger charge is 2.34. The average Bonchev–Trinajstić information content (AvgIpc) is 3.30. The first-order valence-electron chi connectivity index (χ1n) is 20.5. The van der Waals surface area contributed by atoms with Gasteiger partial charge in [0.05, 0.1) is 50.1 Å². The molecule has 322 valence electrons. The lowest BCUT2D eigenvalue weighted by atomic mass is 9.82. The molecule has 0 heterocycles. The lowest BCUT2D eigenvalue weighted by molar-refractivity contribution is 0.0980. The van der Waals surface area contributed by atoms with Crippen LogP contribution in [0.15, 0.2) is 84.2 Å². The predicted molar refractivity (Wildman–Crippen MR) is 254 cm³/mol. The maximum Gasteiger partial charge on any atom is 0.269 e. The Kier molecular flexibility index (Phi) is 18.7. The van der Waals surface area contributed by atoms with Gasteiger partial charge in [-0.25, -0.2) is 25.1 Å². The standard InChI is InChI=1S/C24H30N2O2.C14H12N4O.C13H13N3/c1-5-15(3)13-25-19-11-12-20(26-14-16(4)6-2)22-21(19)23(27)17-9-7-8-10-18(17)24(22)28;1-16-12(9-15)14(17-2)11-7-6-10(18(3)4)8-13(11)19-5;1-10-7-13(16(3)4)6-5-11(10)8-12(9-14)15-2/h7-12,15-16,25-26H,5-6,13-14H2,1-4H3;6-8H,3-5H3;5-8H,1,3-4H3/b;14-12-;12-8+. The quantitative estimate of drug-likeness (QED) is 0.0877. The number of rotatable bonds is 13. The minimum absolute atomic E-state index is 0.0136. The number of aryl methyl sites for hydroxylation is 1. The Morgan fingerprint density at radius 1 is 0.746 bits per heavy atom. The van der Waals surface area contributed by atoms with E-state index >= 15 is 0 Å². The van der Waals surface area contributed by atoms with Gasteiger partial charge in [0.2, 0.25) is 5.70 Å². The van der Waals surface area contributed by atoms with E-state index in [1.807, 2.05) is 99.5 Å². The molecule has 0 bridgehead atoms. The van der Waals surface area contributed by atoms with Crippen molar-refractivity contribution in [1.29, 1.82) is 10.5 Å². The Hall–Kier alpha value is -7.85.